The molecule has 0 bridgehead atoms. The van der Waals surface area contributed by atoms with E-state index in [-0.39, 0.29) is 11.9 Å². The summed E-state index contributed by atoms with van der Waals surface area (Å²) in [7, 11) is 0. The second-order valence-electron chi connectivity index (χ2n) is 5.03. The first-order valence-corrected chi connectivity index (χ1v) is 7.17. The van der Waals surface area contributed by atoms with Gasteiger partial charge in [0.1, 0.15) is 5.82 Å². The minimum Gasteiger partial charge on any atom is -0.306 e. The lowest BCUT2D eigenvalue weighted by molar-refractivity contribution is 0.581. The molecule has 0 saturated heterocycles. The summed E-state index contributed by atoms with van der Waals surface area (Å²) in [5.41, 5.74) is 2.69. The highest BCUT2D eigenvalue weighted by Crippen LogP contribution is 2.23. The molecule has 0 aliphatic heterocycles. The average molecular weight is 275 g/mol. The molecule has 0 aliphatic rings. The molecule has 108 valence electrons. The number of nitrogens with one attached hydrogen (secondary N) is 1. The summed E-state index contributed by atoms with van der Waals surface area (Å²) in [6.07, 6.45) is 4.91. The van der Waals surface area contributed by atoms with E-state index in [0.717, 1.165) is 30.6 Å². The van der Waals surface area contributed by atoms with Crippen molar-refractivity contribution in [3.8, 4) is 0 Å². The van der Waals surface area contributed by atoms with Crippen LogP contribution in [0.15, 0.2) is 30.6 Å². The number of aromatic nitrogens is 2. The Labute approximate surface area is 119 Å². The second kappa shape index (κ2) is 6.66. The maximum absolute atomic E-state index is 13.8. The van der Waals surface area contributed by atoms with E-state index < -0.39 is 0 Å². The molecule has 1 atom stereocenters. The third-order valence-corrected chi connectivity index (χ3v) is 3.44. The van der Waals surface area contributed by atoms with E-state index in [1.165, 1.54) is 0 Å². The summed E-state index contributed by atoms with van der Waals surface area (Å²) in [5, 5.41) is 7.78. The van der Waals surface area contributed by atoms with Gasteiger partial charge in [-0.25, -0.2) is 4.39 Å². The number of rotatable bonds is 6. The third-order valence-electron chi connectivity index (χ3n) is 3.44. The third kappa shape index (κ3) is 3.25. The molecule has 0 radical (unpaired) electrons. The van der Waals surface area contributed by atoms with Crippen molar-refractivity contribution in [2.45, 2.75) is 39.8 Å². The molecule has 2 aromatic rings. The highest BCUT2D eigenvalue weighted by molar-refractivity contribution is 5.32. The molecular weight excluding hydrogens is 253 g/mol. The van der Waals surface area contributed by atoms with Gasteiger partial charge in [0.2, 0.25) is 0 Å². The first-order chi connectivity index (χ1) is 9.65. The van der Waals surface area contributed by atoms with Crippen LogP contribution in [-0.2, 0) is 6.54 Å². The Bertz CT molecular complexity index is 563. The summed E-state index contributed by atoms with van der Waals surface area (Å²) in [6.45, 7) is 7.68. The van der Waals surface area contributed by atoms with Gasteiger partial charge in [-0.1, -0.05) is 19.1 Å². The van der Waals surface area contributed by atoms with Gasteiger partial charge in [-0.05, 0) is 44.0 Å². The first-order valence-electron chi connectivity index (χ1n) is 7.17. The lowest BCUT2D eigenvalue weighted by Crippen LogP contribution is -2.23. The molecule has 1 N–H and O–H groups in total. The summed E-state index contributed by atoms with van der Waals surface area (Å²) >= 11 is 0. The fourth-order valence-corrected chi connectivity index (χ4v) is 2.21. The molecule has 20 heavy (non-hydrogen) atoms. The quantitative estimate of drug-likeness (QED) is 0.875. The molecule has 1 unspecified atom stereocenters. The molecule has 0 spiro atoms. The molecule has 0 fully saturated rings. The monoisotopic (exact) mass is 275 g/mol. The smallest absolute Gasteiger partial charge is 0.126 e. The van der Waals surface area contributed by atoms with Gasteiger partial charge in [-0.3, -0.25) is 4.68 Å². The van der Waals surface area contributed by atoms with E-state index in [0.29, 0.717) is 5.56 Å². The fraction of sp³-hybridized carbons (Fsp3) is 0.438. The molecule has 4 heteroatoms. The lowest BCUT2D eigenvalue weighted by atomic mass is 10.00. The molecule has 0 aliphatic carbocycles. The molecule has 1 aromatic carbocycles. The molecule has 1 heterocycles. The summed E-state index contributed by atoms with van der Waals surface area (Å²) in [6, 6.07) is 5.42. The highest BCUT2D eigenvalue weighted by Gasteiger charge is 2.16. The van der Waals surface area contributed by atoms with Crippen molar-refractivity contribution < 1.29 is 4.39 Å². The van der Waals surface area contributed by atoms with Gasteiger partial charge >= 0.3 is 0 Å². The van der Waals surface area contributed by atoms with Gasteiger partial charge in [0.25, 0.3) is 0 Å². The second-order valence-corrected chi connectivity index (χ2v) is 5.03. The van der Waals surface area contributed by atoms with Crippen molar-refractivity contribution in [2.24, 2.45) is 0 Å². The van der Waals surface area contributed by atoms with E-state index in [4.69, 9.17) is 0 Å². The summed E-state index contributed by atoms with van der Waals surface area (Å²) in [5.74, 6) is -0.159. The van der Waals surface area contributed by atoms with Gasteiger partial charge in [0, 0.05) is 18.3 Å². The van der Waals surface area contributed by atoms with Crippen LogP contribution in [0, 0.1) is 12.7 Å². The normalized spacial score (nSPS) is 12.6. The zero-order chi connectivity index (χ0) is 14.5. The Morgan fingerprint density at radius 1 is 1.30 bits per heavy atom. The molecular formula is C16H22FN3. The van der Waals surface area contributed by atoms with E-state index in [9.17, 15) is 4.39 Å². The zero-order valence-corrected chi connectivity index (χ0v) is 12.4. The van der Waals surface area contributed by atoms with E-state index in [2.05, 4.69) is 24.3 Å². The highest BCUT2D eigenvalue weighted by atomic mass is 19.1. The van der Waals surface area contributed by atoms with Gasteiger partial charge in [-0.15, -0.1) is 0 Å². The Morgan fingerprint density at radius 3 is 2.70 bits per heavy atom. The van der Waals surface area contributed by atoms with Crippen molar-refractivity contribution in [3.05, 3.63) is 53.1 Å². The largest absolute Gasteiger partial charge is 0.306 e. The van der Waals surface area contributed by atoms with Gasteiger partial charge < -0.3 is 5.32 Å². The number of hydrogen-bond donors (Lipinski definition) is 1. The van der Waals surface area contributed by atoms with E-state index in [1.807, 2.05) is 29.2 Å². The van der Waals surface area contributed by atoms with Crippen LogP contribution in [0.5, 0.6) is 0 Å². The number of benzene rings is 1. The SMILES string of the molecule is CCCNC(c1ccc(C)c(F)c1)c1cnn(CC)c1. The zero-order valence-electron chi connectivity index (χ0n) is 12.4. The standard InChI is InChI=1S/C16H22FN3/c1-4-8-18-16(14-10-19-20(5-2)11-14)13-7-6-12(3)15(17)9-13/h6-7,9-11,16,18H,4-5,8H2,1-3H3. The molecule has 0 amide bonds. The van der Waals surface area contributed by atoms with Crippen molar-refractivity contribution in [1.82, 2.24) is 15.1 Å². The molecule has 1 aromatic heterocycles. The van der Waals surface area contributed by atoms with Crippen molar-refractivity contribution in [1.29, 1.82) is 0 Å². The van der Waals surface area contributed by atoms with Crippen LogP contribution in [0.25, 0.3) is 0 Å². The number of halogens is 1. The average Bonchev–Trinajstić information content (AvgIpc) is 2.92. The van der Waals surface area contributed by atoms with Crippen LogP contribution in [0.4, 0.5) is 4.39 Å². The van der Waals surface area contributed by atoms with Crippen molar-refractivity contribution in [2.75, 3.05) is 6.54 Å². The van der Waals surface area contributed by atoms with Gasteiger partial charge in [0.05, 0.1) is 12.2 Å². The first kappa shape index (κ1) is 14.7. The van der Waals surface area contributed by atoms with Crippen molar-refractivity contribution in [3.63, 3.8) is 0 Å². The summed E-state index contributed by atoms with van der Waals surface area (Å²) in [4.78, 5) is 0. The summed E-state index contributed by atoms with van der Waals surface area (Å²) < 4.78 is 15.7. The van der Waals surface area contributed by atoms with Crippen LogP contribution >= 0.6 is 0 Å². The minimum atomic E-state index is -0.159. The Balaban J connectivity index is 2.32. The Morgan fingerprint density at radius 2 is 2.10 bits per heavy atom. The Hall–Kier alpha value is -1.68. The van der Waals surface area contributed by atoms with Crippen LogP contribution in [0.3, 0.4) is 0 Å². The van der Waals surface area contributed by atoms with Crippen LogP contribution in [0.2, 0.25) is 0 Å². The minimum absolute atomic E-state index is 0.00894. The topological polar surface area (TPSA) is 29.9 Å². The number of hydrogen-bond acceptors (Lipinski definition) is 2. The maximum atomic E-state index is 13.8. The molecule has 0 saturated carbocycles. The van der Waals surface area contributed by atoms with Crippen LogP contribution < -0.4 is 5.32 Å². The fourth-order valence-electron chi connectivity index (χ4n) is 2.21. The maximum Gasteiger partial charge on any atom is 0.126 e. The van der Waals surface area contributed by atoms with Crippen LogP contribution in [-0.4, -0.2) is 16.3 Å². The number of aryl methyl sites for hydroxylation is 2. The van der Waals surface area contributed by atoms with Crippen LogP contribution in [0.1, 0.15) is 43.0 Å². The lowest BCUT2D eigenvalue weighted by Gasteiger charge is -2.18. The Kier molecular flexibility index (Phi) is 4.90. The molecule has 3 nitrogen and oxygen atoms in total. The number of nitrogens with zero attached hydrogens (tertiary/aromatic N) is 2. The van der Waals surface area contributed by atoms with Gasteiger partial charge in [0.15, 0.2) is 0 Å². The predicted molar refractivity (Wildman–Crippen MR) is 79.2 cm³/mol. The van der Waals surface area contributed by atoms with E-state index in [1.54, 1.807) is 13.0 Å². The van der Waals surface area contributed by atoms with E-state index >= 15 is 0 Å². The van der Waals surface area contributed by atoms with Gasteiger partial charge in [-0.2, -0.15) is 5.10 Å². The molecule has 2 rings (SSSR count). The predicted octanol–water partition coefficient (Wildman–Crippen LogP) is 3.44. The van der Waals surface area contributed by atoms with Crippen molar-refractivity contribution >= 4 is 0 Å².